The topological polar surface area (TPSA) is 29.5 Å². The molecule has 0 aromatic rings. The van der Waals surface area contributed by atoms with Crippen LogP contribution < -0.4 is 0 Å². The van der Waals surface area contributed by atoms with Crippen LogP contribution in [-0.4, -0.2) is 42.3 Å². The van der Waals surface area contributed by atoms with E-state index in [2.05, 4.69) is 0 Å². The third kappa shape index (κ3) is 4.08. The first-order chi connectivity index (χ1) is 7.44. The van der Waals surface area contributed by atoms with Gasteiger partial charge in [-0.2, -0.15) is 0 Å². The van der Waals surface area contributed by atoms with E-state index in [1.165, 1.54) is 0 Å². The molecule has 94 valence electrons. The Balaban J connectivity index is 2.47. The molecule has 0 N–H and O–H groups in total. The molecule has 0 radical (unpaired) electrons. The normalized spacial score (nSPS) is 22.4. The maximum atomic E-state index is 12.1. The lowest BCUT2D eigenvalue weighted by molar-refractivity contribution is -0.160. The Morgan fingerprint density at radius 2 is 2.19 bits per heavy atom. The molecule has 1 aliphatic rings. The molecule has 0 aromatic heterocycles. The van der Waals surface area contributed by atoms with Gasteiger partial charge in [0.15, 0.2) is 0 Å². The average molecular weight is 231 g/mol. The van der Waals surface area contributed by atoms with Gasteiger partial charge >= 0.3 is 5.97 Å². The second-order valence-corrected chi connectivity index (χ2v) is 5.27. The van der Waals surface area contributed by atoms with Gasteiger partial charge in [0.05, 0.1) is 6.67 Å². The van der Waals surface area contributed by atoms with Crippen molar-refractivity contribution in [1.82, 2.24) is 4.90 Å². The Labute approximate surface area is 96.9 Å². The highest BCUT2D eigenvalue weighted by Gasteiger charge is 2.33. The first-order valence-electron chi connectivity index (χ1n) is 5.97. The van der Waals surface area contributed by atoms with Crippen molar-refractivity contribution in [2.75, 3.05) is 19.8 Å². The highest BCUT2D eigenvalue weighted by atomic mass is 19.1. The van der Waals surface area contributed by atoms with Gasteiger partial charge in [-0.3, -0.25) is 14.1 Å². The van der Waals surface area contributed by atoms with E-state index in [1.54, 1.807) is 0 Å². The standard InChI is InChI=1S/C12H22FNO2/c1-12(2,3)16-11(15)10-6-4-8-14(10)9-5-7-13/h10H,4-9H2,1-3H3/t10-/m0/s1. The molecule has 1 aliphatic heterocycles. The van der Waals surface area contributed by atoms with Crippen LogP contribution in [-0.2, 0) is 9.53 Å². The summed E-state index contributed by atoms with van der Waals surface area (Å²) in [6.45, 7) is 6.81. The Morgan fingerprint density at radius 3 is 2.75 bits per heavy atom. The fourth-order valence-electron chi connectivity index (χ4n) is 1.99. The first kappa shape index (κ1) is 13.4. The lowest BCUT2D eigenvalue weighted by Gasteiger charge is -2.27. The van der Waals surface area contributed by atoms with Crippen LogP contribution in [0.3, 0.4) is 0 Å². The summed E-state index contributed by atoms with van der Waals surface area (Å²) in [6, 6.07) is -0.161. The highest BCUT2D eigenvalue weighted by molar-refractivity contribution is 5.76. The molecule has 0 unspecified atom stereocenters. The van der Waals surface area contributed by atoms with E-state index in [1.807, 2.05) is 25.7 Å². The number of carbonyl (C=O) groups excluding carboxylic acids is 1. The Kier molecular flexibility index (Phi) is 4.71. The Hall–Kier alpha value is -0.640. The second kappa shape index (κ2) is 5.62. The summed E-state index contributed by atoms with van der Waals surface area (Å²) in [6.07, 6.45) is 2.33. The average Bonchev–Trinajstić information content (AvgIpc) is 2.59. The molecule has 0 aliphatic carbocycles. The van der Waals surface area contributed by atoms with E-state index in [-0.39, 0.29) is 18.7 Å². The summed E-state index contributed by atoms with van der Waals surface area (Å²) in [4.78, 5) is 13.9. The number of likely N-dealkylation sites (tertiary alicyclic amines) is 1. The molecule has 1 saturated heterocycles. The van der Waals surface area contributed by atoms with Crippen molar-refractivity contribution in [3.63, 3.8) is 0 Å². The molecule has 1 rings (SSSR count). The molecule has 1 fully saturated rings. The zero-order chi connectivity index (χ0) is 12.2. The number of ether oxygens (including phenoxy) is 1. The van der Waals surface area contributed by atoms with Crippen LogP contribution in [0.4, 0.5) is 4.39 Å². The third-order valence-corrected chi connectivity index (χ3v) is 2.62. The van der Waals surface area contributed by atoms with Crippen molar-refractivity contribution in [2.45, 2.75) is 51.7 Å². The van der Waals surface area contributed by atoms with E-state index in [9.17, 15) is 9.18 Å². The number of esters is 1. The minimum absolute atomic E-state index is 0.161. The van der Waals surface area contributed by atoms with Gasteiger partial charge in [-0.1, -0.05) is 0 Å². The van der Waals surface area contributed by atoms with Crippen molar-refractivity contribution in [3.8, 4) is 0 Å². The van der Waals surface area contributed by atoms with Gasteiger partial charge in [-0.25, -0.2) is 0 Å². The van der Waals surface area contributed by atoms with Gasteiger partial charge in [0, 0.05) is 6.54 Å². The Morgan fingerprint density at radius 1 is 1.50 bits per heavy atom. The molecule has 0 amide bonds. The monoisotopic (exact) mass is 231 g/mol. The second-order valence-electron chi connectivity index (χ2n) is 5.27. The quantitative estimate of drug-likeness (QED) is 0.694. The summed E-state index contributed by atoms with van der Waals surface area (Å²) in [5, 5.41) is 0. The lowest BCUT2D eigenvalue weighted by Crippen LogP contribution is -2.41. The van der Waals surface area contributed by atoms with Crippen molar-refractivity contribution < 1.29 is 13.9 Å². The fraction of sp³-hybridized carbons (Fsp3) is 0.917. The van der Waals surface area contributed by atoms with Gasteiger partial charge in [0.2, 0.25) is 0 Å². The summed E-state index contributed by atoms with van der Waals surface area (Å²) >= 11 is 0. The van der Waals surface area contributed by atoms with Gasteiger partial charge < -0.3 is 4.74 Å². The number of hydrogen-bond donors (Lipinski definition) is 0. The highest BCUT2D eigenvalue weighted by Crippen LogP contribution is 2.21. The van der Waals surface area contributed by atoms with Crippen LogP contribution in [0.25, 0.3) is 0 Å². The van der Waals surface area contributed by atoms with Crippen LogP contribution in [0.1, 0.15) is 40.0 Å². The summed E-state index contributed by atoms with van der Waals surface area (Å²) in [7, 11) is 0. The molecule has 0 aromatic carbocycles. The predicted molar refractivity (Wildman–Crippen MR) is 61.0 cm³/mol. The molecule has 3 nitrogen and oxygen atoms in total. The molecular formula is C12H22FNO2. The van der Waals surface area contributed by atoms with E-state index in [0.29, 0.717) is 13.0 Å². The van der Waals surface area contributed by atoms with Gasteiger partial charge in [-0.15, -0.1) is 0 Å². The minimum Gasteiger partial charge on any atom is -0.459 e. The summed E-state index contributed by atoms with van der Waals surface area (Å²) < 4.78 is 17.5. The van der Waals surface area contributed by atoms with Crippen LogP contribution in [0, 0.1) is 0 Å². The number of halogens is 1. The van der Waals surface area contributed by atoms with Gasteiger partial charge in [-0.05, 0) is 46.6 Å². The lowest BCUT2D eigenvalue weighted by atomic mass is 10.1. The third-order valence-electron chi connectivity index (χ3n) is 2.62. The minimum atomic E-state index is -0.439. The van der Waals surface area contributed by atoms with Gasteiger partial charge in [0.1, 0.15) is 11.6 Å². The Bertz CT molecular complexity index is 238. The summed E-state index contributed by atoms with van der Waals surface area (Å²) in [5.74, 6) is -0.163. The predicted octanol–water partition coefficient (Wildman–Crippen LogP) is 2.15. The van der Waals surface area contributed by atoms with E-state index in [0.717, 1.165) is 19.4 Å². The van der Waals surface area contributed by atoms with E-state index in [4.69, 9.17) is 4.74 Å². The number of nitrogens with zero attached hydrogens (tertiary/aromatic N) is 1. The molecule has 0 saturated carbocycles. The molecule has 0 bridgehead atoms. The van der Waals surface area contributed by atoms with Crippen molar-refractivity contribution in [3.05, 3.63) is 0 Å². The van der Waals surface area contributed by atoms with Crippen molar-refractivity contribution in [1.29, 1.82) is 0 Å². The summed E-state index contributed by atoms with van der Waals surface area (Å²) in [5.41, 5.74) is -0.439. The SMILES string of the molecule is CC(C)(C)OC(=O)[C@@H]1CCCN1CCCF. The van der Waals surface area contributed by atoms with Crippen LogP contribution >= 0.6 is 0 Å². The number of hydrogen-bond acceptors (Lipinski definition) is 3. The molecule has 4 heteroatoms. The first-order valence-corrected chi connectivity index (χ1v) is 5.97. The van der Waals surface area contributed by atoms with Gasteiger partial charge in [0.25, 0.3) is 0 Å². The molecule has 1 heterocycles. The van der Waals surface area contributed by atoms with Crippen molar-refractivity contribution >= 4 is 5.97 Å². The van der Waals surface area contributed by atoms with Crippen molar-refractivity contribution in [2.24, 2.45) is 0 Å². The molecule has 1 atom stereocenters. The number of rotatable bonds is 4. The maximum absolute atomic E-state index is 12.1. The zero-order valence-corrected chi connectivity index (χ0v) is 10.5. The molecule has 0 spiro atoms. The maximum Gasteiger partial charge on any atom is 0.323 e. The van der Waals surface area contributed by atoms with Crippen LogP contribution in [0.2, 0.25) is 0 Å². The number of carbonyl (C=O) groups is 1. The fourth-order valence-corrected chi connectivity index (χ4v) is 1.99. The molecule has 16 heavy (non-hydrogen) atoms. The van der Waals surface area contributed by atoms with Crippen LogP contribution in [0.5, 0.6) is 0 Å². The number of alkyl halides is 1. The van der Waals surface area contributed by atoms with E-state index >= 15 is 0 Å². The largest absolute Gasteiger partial charge is 0.459 e. The zero-order valence-electron chi connectivity index (χ0n) is 10.5. The van der Waals surface area contributed by atoms with Crippen LogP contribution in [0.15, 0.2) is 0 Å². The smallest absolute Gasteiger partial charge is 0.323 e. The molecular weight excluding hydrogens is 209 g/mol. The van der Waals surface area contributed by atoms with E-state index < -0.39 is 5.60 Å².